The van der Waals surface area contributed by atoms with E-state index in [1.807, 2.05) is 42.5 Å². The minimum atomic E-state index is -3.60. The summed E-state index contributed by atoms with van der Waals surface area (Å²) in [6.45, 7) is -0.267. The summed E-state index contributed by atoms with van der Waals surface area (Å²) in [7, 11) is -3.60. The zero-order chi connectivity index (χ0) is 22.3. The predicted molar refractivity (Wildman–Crippen MR) is 128 cm³/mol. The molecule has 0 aliphatic rings. The van der Waals surface area contributed by atoms with E-state index in [0.717, 1.165) is 21.9 Å². The van der Waals surface area contributed by atoms with Gasteiger partial charge < -0.3 is 5.32 Å². The van der Waals surface area contributed by atoms with Crippen LogP contribution in [-0.2, 0) is 27.1 Å². The van der Waals surface area contributed by atoms with Gasteiger partial charge in [-0.15, -0.1) is 11.8 Å². The Bertz CT molecular complexity index is 1120. The first kappa shape index (κ1) is 23.3. The highest BCUT2D eigenvalue weighted by atomic mass is 35.5. The fourth-order valence-corrected chi connectivity index (χ4v) is 4.63. The summed E-state index contributed by atoms with van der Waals surface area (Å²) < 4.78 is 25.4. The fourth-order valence-electron chi connectivity index (χ4n) is 2.84. The Hall–Kier alpha value is -2.32. The average Bonchev–Trinajstić information content (AvgIpc) is 2.74. The number of thioether (sulfide) groups is 1. The molecule has 5 nitrogen and oxygen atoms in total. The third kappa shape index (κ3) is 7.40. The average molecular weight is 475 g/mol. The molecule has 0 spiro atoms. The van der Waals surface area contributed by atoms with Crippen molar-refractivity contribution in [2.24, 2.45) is 0 Å². The van der Waals surface area contributed by atoms with Crippen molar-refractivity contribution in [2.45, 2.75) is 17.2 Å². The SMILES string of the molecule is CS(=O)(=O)N(CC(=O)Nc1ccc(CSc2ccccc2)cc1)Cc1ccccc1Cl. The van der Waals surface area contributed by atoms with Gasteiger partial charge in [0.1, 0.15) is 0 Å². The molecule has 3 aromatic rings. The summed E-state index contributed by atoms with van der Waals surface area (Å²) in [5.74, 6) is 0.404. The molecule has 0 unspecified atom stereocenters. The van der Waals surface area contributed by atoms with Gasteiger partial charge in [-0.2, -0.15) is 4.31 Å². The molecular weight excluding hydrogens is 452 g/mol. The number of amides is 1. The summed E-state index contributed by atoms with van der Waals surface area (Å²) in [6, 6.07) is 24.6. The molecule has 0 atom stereocenters. The van der Waals surface area contributed by atoms with Crippen molar-refractivity contribution in [3.63, 3.8) is 0 Å². The zero-order valence-corrected chi connectivity index (χ0v) is 19.4. The van der Waals surface area contributed by atoms with Gasteiger partial charge in [-0.1, -0.05) is 60.1 Å². The zero-order valence-electron chi connectivity index (χ0n) is 17.0. The van der Waals surface area contributed by atoms with Crippen LogP contribution in [0.25, 0.3) is 0 Å². The summed E-state index contributed by atoms with van der Waals surface area (Å²) in [4.78, 5) is 13.7. The van der Waals surface area contributed by atoms with Gasteiger partial charge in [-0.25, -0.2) is 8.42 Å². The molecule has 1 amide bonds. The monoisotopic (exact) mass is 474 g/mol. The van der Waals surface area contributed by atoms with E-state index in [-0.39, 0.29) is 13.1 Å². The Kier molecular flexibility index (Phi) is 8.15. The molecule has 162 valence electrons. The summed E-state index contributed by atoms with van der Waals surface area (Å²) >= 11 is 7.88. The molecule has 3 rings (SSSR count). The van der Waals surface area contributed by atoms with E-state index < -0.39 is 15.9 Å². The number of hydrogen-bond donors (Lipinski definition) is 1. The van der Waals surface area contributed by atoms with Crippen LogP contribution in [0.3, 0.4) is 0 Å². The van der Waals surface area contributed by atoms with E-state index in [1.54, 1.807) is 36.0 Å². The maximum atomic E-state index is 12.5. The van der Waals surface area contributed by atoms with E-state index in [0.29, 0.717) is 16.3 Å². The Labute approximate surface area is 192 Å². The molecule has 31 heavy (non-hydrogen) atoms. The minimum absolute atomic E-state index is 0.0293. The van der Waals surface area contributed by atoms with Crippen LogP contribution in [-0.4, -0.2) is 31.4 Å². The number of carbonyl (C=O) groups is 1. The molecule has 8 heteroatoms. The molecule has 0 heterocycles. The van der Waals surface area contributed by atoms with Gasteiger partial charge in [0.15, 0.2) is 0 Å². The van der Waals surface area contributed by atoms with E-state index in [4.69, 9.17) is 11.6 Å². The number of carbonyl (C=O) groups excluding carboxylic acids is 1. The van der Waals surface area contributed by atoms with Crippen LogP contribution in [0.5, 0.6) is 0 Å². The number of hydrogen-bond acceptors (Lipinski definition) is 4. The van der Waals surface area contributed by atoms with Crippen molar-refractivity contribution in [3.05, 3.63) is 95.0 Å². The van der Waals surface area contributed by atoms with Gasteiger partial charge >= 0.3 is 0 Å². The fraction of sp³-hybridized carbons (Fsp3) is 0.174. The molecular formula is C23H23ClN2O3S2. The van der Waals surface area contributed by atoms with Crippen LogP contribution < -0.4 is 5.32 Å². The van der Waals surface area contributed by atoms with E-state index in [9.17, 15) is 13.2 Å². The lowest BCUT2D eigenvalue weighted by Gasteiger charge is -2.20. The van der Waals surface area contributed by atoms with Crippen LogP contribution >= 0.6 is 23.4 Å². The van der Waals surface area contributed by atoms with Crippen molar-refractivity contribution in [2.75, 3.05) is 18.1 Å². The van der Waals surface area contributed by atoms with Crippen LogP contribution in [0.2, 0.25) is 5.02 Å². The van der Waals surface area contributed by atoms with Crippen molar-refractivity contribution in [3.8, 4) is 0 Å². The van der Waals surface area contributed by atoms with Gasteiger partial charge in [0.25, 0.3) is 0 Å². The maximum Gasteiger partial charge on any atom is 0.239 e. The molecule has 1 N–H and O–H groups in total. The summed E-state index contributed by atoms with van der Waals surface area (Å²) in [5, 5.41) is 3.22. The van der Waals surface area contributed by atoms with Gasteiger partial charge in [0, 0.05) is 27.9 Å². The minimum Gasteiger partial charge on any atom is -0.325 e. The second kappa shape index (κ2) is 10.8. The third-order valence-corrected chi connectivity index (χ3v) is 7.13. The van der Waals surface area contributed by atoms with Crippen LogP contribution in [0, 0.1) is 0 Å². The topological polar surface area (TPSA) is 66.5 Å². The lowest BCUT2D eigenvalue weighted by atomic mass is 10.2. The molecule has 0 radical (unpaired) electrons. The second-order valence-electron chi connectivity index (χ2n) is 6.97. The Balaban J connectivity index is 1.58. The standard InChI is InChI=1S/C23H23ClN2O3S2/c1-31(28,29)26(15-19-7-5-6-10-22(19)24)16-23(27)25-20-13-11-18(12-14-20)17-30-21-8-3-2-4-9-21/h2-14H,15-17H2,1H3,(H,25,27). The molecule has 0 aliphatic carbocycles. The van der Waals surface area contributed by atoms with Crippen molar-refractivity contribution in [1.29, 1.82) is 0 Å². The summed E-state index contributed by atoms with van der Waals surface area (Å²) in [5.41, 5.74) is 2.38. The molecule has 0 aromatic heterocycles. The number of halogens is 1. The van der Waals surface area contributed by atoms with Crippen LogP contribution in [0.4, 0.5) is 5.69 Å². The number of nitrogens with one attached hydrogen (secondary N) is 1. The highest BCUT2D eigenvalue weighted by Gasteiger charge is 2.21. The van der Waals surface area contributed by atoms with Crippen molar-refractivity contribution in [1.82, 2.24) is 4.31 Å². The van der Waals surface area contributed by atoms with E-state index in [2.05, 4.69) is 17.4 Å². The number of anilines is 1. The largest absolute Gasteiger partial charge is 0.325 e. The quantitative estimate of drug-likeness (QED) is 0.441. The van der Waals surface area contributed by atoms with Crippen LogP contribution in [0.1, 0.15) is 11.1 Å². The number of sulfonamides is 1. The van der Waals surface area contributed by atoms with E-state index in [1.165, 1.54) is 4.90 Å². The normalized spacial score (nSPS) is 11.5. The molecule has 0 fully saturated rings. The Morgan fingerprint density at radius 1 is 0.968 bits per heavy atom. The maximum absolute atomic E-state index is 12.5. The number of rotatable bonds is 9. The predicted octanol–water partition coefficient (Wildman–Crippen LogP) is 5.03. The first-order valence-electron chi connectivity index (χ1n) is 9.56. The Morgan fingerprint density at radius 2 is 1.61 bits per heavy atom. The molecule has 0 aliphatic heterocycles. The lowest BCUT2D eigenvalue weighted by Crippen LogP contribution is -2.37. The smallest absolute Gasteiger partial charge is 0.239 e. The van der Waals surface area contributed by atoms with Gasteiger partial charge in [0.2, 0.25) is 15.9 Å². The first-order chi connectivity index (χ1) is 14.8. The second-order valence-corrected chi connectivity index (χ2v) is 10.4. The highest BCUT2D eigenvalue weighted by Crippen LogP contribution is 2.23. The molecule has 3 aromatic carbocycles. The van der Waals surface area contributed by atoms with E-state index >= 15 is 0 Å². The Morgan fingerprint density at radius 3 is 2.26 bits per heavy atom. The molecule has 0 bridgehead atoms. The first-order valence-corrected chi connectivity index (χ1v) is 12.8. The van der Waals surface area contributed by atoms with Crippen molar-refractivity contribution < 1.29 is 13.2 Å². The number of nitrogens with zero attached hydrogens (tertiary/aromatic N) is 1. The molecule has 0 saturated carbocycles. The van der Waals surface area contributed by atoms with Gasteiger partial charge in [0.05, 0.1) is 12.8 Å². The van der Waals surface area contributed by atoms with Crippen LogP contribution in [0.15, 0.2) is 83.8 Å². The number of benzene rings is 3. The lowest BCUT2D eigenvalue weighted by molar-refractivity contribution is -0.116. The highest BCUT2D eigenvalue weighted by molar-refractivity contribution is 7.98. The molecule has 0 saturated heterocycles. The third-order valence-electron chi connectivity index (χ3n) is 4.48. The van der Waals surface area contributed by atoms with Crippen molar-refractivity contribution >= 4 is 45.0 Å². The summed E-state index contributed by atoms with van der Waals surface area (Å²) in [6.07, 6.45) is 1.08. The van der Waals surface area contributed by atoms with Gasteiger partial charge in [-0.05, 0) is 41.5 Å². The van der Waals surface area contributed by atoms with Gasteiger partial charge in [-0.3, -0.25) is 4.79 Å².